The molecule has 0 spiro atoms. The highest BCUT2D eigenvalue weighted by Gasteiger charge is 2.39. The number of amides is 4. The highest BCUT2D eigenvalue weighted by Crippen LogP contribution is 2.20. The summed E-state index contributed by atoms with van der Waals surface area (Å²) in [6.07, 6.45) is 0.126. The Kier molecular flexibility index (Phi) is 11.4. The Hall–Kier alpha value is -3.22. The second-order valence-corrected chi connectivity index (χ2v) is 8.82. The molecule has 4 atom stereocenters. The standard InChI is InChI=1S/C21H35N5O8/c1-11(2)10-14(21(33)34)25-19(31)15-4-3-9-26(15)20(32)13(6-8-17(28)29)24-18(30)12(22)5-7-16(23)27/h11-15H,3-10,22H2,1-2H3,(H2,23,27)(H,24,30)(H,25,31)(H,28,29)(H,33,34). The van der Waals surface area contributed by atoms with Gasteiger partial charge in [0, 0.05) is 19.4 Å². The number of carboxylic acids is 2. The molecule has 0 saturated carbocycles. The van der Waals surface area contributed by atoms with Crippen molar-refractivity contribution >= 4 is 35.6 Å². The van der Waals surface area contributed by atoms with E-state index in [0.29, 0.717) is 12.8 Å². The number of carboxylic acid groups (broad SMARTS) is 2. The average Bonchev–Trinajstić information content (AvgIpc) is 3.23. The summed E-state index contributed by atoms with van der Waals surface area (Å²) >= 11 is 0. The Labute approximate surface area is 197 Å². The summed E-state index contributed by atoms with van der Waals surface area (Å²) in [4.78, 5) is 73.1. The molecule has 4 unspecified atom stereocenters. The van der Waals surface area contributed by atoms with Crippen molar-refractivity contribution in [1.82, 2.24) is 15.5 Å². The molecule has 0 aromatic heterocycles. The lowest BCUT2D eigenvalue weighted by Gasteiger charge is -2.30. The van der Waals surface area contributed by atoms with E-state index in [1.807, 2.05) is 13.8 Å². The summed E-state index contributed by atoms with van der Waals surface area (Å²) in [5.41, 5.74) is 10.8. The highest BCUT2D eigenvalue weighted by atomic mass is 16.4. The Balaban J connectivity index is 2.96. The molecule has 13 heteroatoms. The third-order valence-corrected chi connectivity index (χ3v) is 5.46. The zero-order chi connectivity index (χ0) is 26.0. The largest absolute Gasteiger partial charge is 0.481 e. The van der Waals surface area contributed by atoms with Crippen LogP contribution in [-0.2, 0) is 28.8 Å². The molecule has 13 nitrogen and oxygen atoms in total. The Morgan fingerprint density at radius 2 is 1.65 bits per heavy atom. The van der Waals surface area contributed by atoms with Gasteiger partial charge in [-0.05, 0) is 38.0 Å². The van der Waals surface area contributed by atoms with Crippen LogP contribution < -0.4 is 22.1 Å². The van der Waals surface area contributed by atoms with Crippen molar-refractivity contribution in [3.63, 3.8) is 0 Å². The Morgan fingerprint density at radius 3 is 2.18 bits per heavy atom. The number of nitrogens with one attached hydrogen (secondary N) is 2. The van der Waals surface area contributed by atoms with Crippen molar-refractivity contribution in [2.75, 3.05) is 6.54 Å². The molecule has 8 N–H and O–H groups in total. The van der Waals surface area contributed by atoms with E-state index in [1.165, 1.54) is 4.90 Å². The maximum Gasteiger partial charge on any atom is 0.326 e. The van der Waals surface area contributed by atoms with Crippen LogP contribution in [0.5, 0.6) is 0 Å². The number of rotatable bonds is 14. The van der Waals surface area contributed by atoms with Crippen LogP contribution in [0.25, 0.3) is 0 Å². The minimum Gasteiger partial charge on any atom is -0.481 e. The van der Waals surface area contributed by atoms with Crippen molar-refractivity contribution in [2.45, 2.75) is 83.0 Å². The van der Waals surface area contributed by atoms with E-state index in [0.717, 1.165) is 0 Å². The van der Waals surface area contributed by atoms with Crippen LogP contribution >= 0.6 is 0 Å². The molecule has 0 radical (unpaired) electrons. The van der Waals surface area contributed by atoms with Gasteiger partial charge in [-0.25, -0.2) is 4.79 Å². The second kappa shape index (κ2) is 13.5. The number of hydrogen-bond donors (Lipinski definition) is 6. The predicted molar refractivity (Wildman–Crippen MR) is 119 cm³/mol. The van der Waals surface area contributed by atoms with Crippen molar-refractivity contribution < 1.29 is 39.0 Å². The summed E-state index contributed by atoms with van der Waals surface area (Å²) in [7, 11) is 0. The van der Waals surface area contributed by atoms with Gasteiger partial charge in [0.2, 0.25) is 23.6 Å². The van der Waals surface area contributed by atoms with Crippen LogP contribution in [0.1, 0.15) is 58.8 Å². The van der Waals surface area contributed by atoms with Gasteiger partial charge in [0.1, 0.15) is 18.1 Å². The third kappa shape index (κ3) is 9.33. The van der Waals surface area contributed by atoms with Crippen molar-refractivity contribution in [1.29, 1.82) is 0 Å². The fourth-order valence-electron chi connectivity index (χ4n) is 3.70. The lowest BCUT2D eigenvalue weighted by molar-refractivity contribution is -0.145. The molecular formula is C21H35N5O8. The number of hydrogen-bond acceptors (Lipinski definition) is 7. The molecule has 1 aliphatic heterocycles. The van der Waals surface area contributed by atoms with Gasteiger partial charge in [-0.1, -0.05) is 13.8 Å². The fraction of sp³-hybridized carbons (Fsp3) is 0.714. The van der Waals surface area contributed by atoms with Crippen LogP contribution in [0.15, 0.2) is 0 Å². The van der Waals surface area contributed by atoms with E-state index in [2.05, 4.69) is 10.6 Å². The SMILES string of the molecule is CC(C)CC(NC(=O)C1CCCN1C(=O)C(CCC(=O)O)NC(=O)C(N)CCC(N)=O)C(=O)O. The first-order valence-corrected chi connectivity index (χ1v) is 11.2. The van der Waals surface area contributed by atoms with Crippen LogP contribution in [-0.4, -0.2) is 81.4 Å². The summed E-state index contributed by atoms with van der Waals surface area (Å²) in [5.74, 6) is -5.05. The number of nitrogens with zero attached hydrogens (tertiary/aromatic N) is 1. The number of aliphatic carboxylic acids is 2. The van der Waals surface area contributed by atoms with E-state index in [1.54, 1.807) is 0 Å². The number of carbonyl (C=O) groups is 6. The molecule has 0 aromatic rings. The maximum atomic E-state index is 13.2. The zero-order valence-corrected chi connectivity index (χ0v) is 19.5. The van der Waals surface area contributed by atoms with Gasteiger partial charge in [-0.15, -0.1) is 0 Å². The van der Waals surface area contributed by atoms with Gasteiger partial charge < -0.3 is 37.2 Å². The van der Waals surface area contributed by atoms with Gasteiger partial charge in [-0.2, -0.15) is 0 Å². The van der Waals surface area contributed by atoms with E-state index >= 15 is 0 Å². The molecule has 0 aliphatic carbocycles. The smallest absolute Gasteiger partial charge is 0.326 e. The molecule has 1 rings (SSSR count). The monoisotopic (exact) mass is 485 g/mol. The fourth-order valence-corrected chi connectivity index (χ4v) is 3.70. The van der Waals surface area contributed by atoms with Crippen molar-refractivity contribution in [3.8, 4) is 0 Å². The summed E-state index contributed by atoms with van der Waals surface area (Å²) < 4.78 is 0. The lowest BCUT2D eigenvalue weighted by Crippen LogP contribution is -2.57. The Bertz CT molecular complexity index is 787. The van der Waals surface area contributed by atoms with E-state index in [9.17, 15) is 33.9 Å². The predicted octanol–water partition coefficient (Wildman–Crippen LogP) is -1.46. The topological polar surface area (TPSA) is 222 Å². The Morgan fingerprint density at radius 1 is 1.00 bits per heavy atom. The van der Waals surface area contributed by atoms with Crippen LogP contribution in [0.2, 0.25) is 0 Å². The van der Waals surface area contributed by atoms with Crippen LogP contribution in [0.4, 0.5) is 0 Å². The number of nitrogens with two attached hydrogens (primary N) is 2. The number of likely N-dealkylation sites (tertiary alicyclic amines) is 1. The van der Waals surface area contributed by atoms with Gasteiger partial charge in [0.15, 0.2) is 0 Å². The van der Waals surface area contributed by atoms with Gasteiger partial charge >= 0.3 is 11.9 Å². The van der Waals surface area contributed by atoms with Crippen LogP contribution in [0, 0.1) is 5.92 Å². The van der Waals surface area contributed by atoms with E-state index in [-0.39, 0.29) is 38.1 Å². The molecular weight excluding hydrogens is 450 g/mol. The third-order valence-electron chi connectivity index (χ3n) is 5.46. The lowest BCUT2D eigenvalue weighted by atomic mass is 10.0. The number of carbonyl (C=O) groups excluding carboxylic acids is 4. The van der Waals surface area contributed by atoms with Crippen molar-refractivity contribution in [3.05, 3.63) is 0 Å². The minimum absolute atomic E-state index is 0.0112. The molecule has 1 fully saturated rings. The first-order valence-electron chi connectivity index (χ1n) is 11.2. The van der Waals surface area contributed by atoms with Crippen molar-refractivity contribution in [2.24, 2.45) is 17.4 Å². The molecule has 0 aromatic carbocycles. The molecule has 1 saturated heterocycles. The van der Waals surface area contributed by atoms with E-state index < -0.39 is 66.2 Å². The molecule has 4 amide bonds. The van der Waals surface area contributed by atoms with Crippen LogP contribution in [0.3, 0.4) is 0 Å². The van der Waals surface area contributed by atoms with E-state index in [4.69, 9.17) is 16.6 Å². The normalized spacial score (nSPS) is 18.1. The molecule has 34 heavy (non-hydrogen) atoms. The molecule has 1 heterocycles. The summed E-state index contributed by atoms with van der Waals surface area (Å²) in [5, 5.41) is 23.3. The average molecular weight is 486 g/mol. The second-order valence-electron chi connectivity index (χ2n) is 8.82. The molecule has 1 aliphatic rings. The quantitative estimate of drug-likeness (QED) is 0.169. The van der Waals surface area contributed by atoms with Gasteiger partial charge in [-0.3, -0.25) is 24.0 Å². The highest BCUT2D eigenvalue weighted by molar-refractivity contribution is 5.94. The zero-order valence-electron chi connectivity index (χ0n) is 19.5. The summed E-state index contributed by atoms with van der Waals surface area (Å²) in [6.45, 7) is 3.82. The van der Waals surface area contributed by atoms with Gasteiger partial charge in [0.25, 0.3) is 0 Å². The first-order chi connectivity index (χ1) is 15.8. The maximum absolute atomic E-state index is 13.2. The molecule has 0 bridgehead atoms. The first kappa shape index (κ1) is 28.8. The number of primary amides is 1. The molecule has 192 valence electrons. The minimum atomic E-state index is -1.26. The van der Waals surface area contributed by atoms with Gasteiger partial charge in [0.05, 0.1) is 6.04 Å². The summed E-state index contributed by atoms with van der Waals surface area (Å²) in [6, 6.07) is -4.47.